The molecule has 3 aromatic rings. The zero-order valence-corrected chi connectivity index (χ0v) is 17.8. The van der Waals surface area contributed by atoms with Gasteiger partial charge in [0.25, 0.3) is 0 Å². The van der Waals surface area contributed by atoms with Gasteiger partial charge in [-0.2, -0.15) is 10.6 Å². The van der Waals surface area contributed by atoms with Crippen molar-refractivity contribution >= 4 is 20.4 Å². The zero-order chi connectivity index (χ0) is 21.4. The van der Waals surface area contributed by atoms with Crippen LogP contribution < -0.4 is 9.47 Å². The number of nitrogens with zero attached hydrogens (tertiary/aromatic N) is 1. The maximum atomic E-state index is 13.3. The lowest BCUT2D eigenvalue weighted by molar-refractivity contribution is 0.294. The maximum Gasteiger partial charge on any atom is 0.187 e. The summed E-state index contributed by atoms with van der Waals surface area (Å²) in [6, 6.07) is 14.7. The van der Waals surface area contributed by atoms with Crippen molar-refractivity contribution in [3.8, 4) is 11.5 Å². The largest absolute Gasteiger partial charge is 0.496 e. The lowest BCUT2D eigenvalue weighted by Gasteiger charge is -2.27. The van der Waals surface area contributed by atoms with E-state index >= 15 is 0 Å². The molecule has 0 saturated carbocycles. The van der Waals surface area contributed by atoms with Gasteiger partial charge in [0.15, 0.2) is 9.84 Å². The fraction of sp³-hybridized carbons (Fsp3) is 0.190. The van der Waals surface area contributed by atoms with Gasteiger partial charge in [-0.25, -0.2) is 8.42 Å². The second-order valence-corrected chi connectivity index (χ2v) is 11.1. The fourth-order valence-corrected chi connectivity index (χ4v) is 7.98. The normalized spacial score (nSPS) is 18.4. The minimum atomic E-state index is -3.87. The standard InChI is InChI=1S/C21H21NO6S2/c1-27-21-15(13-28-16-6-5-11-22-12-16)9-10-18-20(21)19(14-29(18,23)24)30(25,26)17-7-3-2-4-8-17/h2-12,19,23-24H,13-14H2,1H3. The van der Waals surface area contributed by atoms with E-state index in [2.05, 4.69) is 4.98 Å². The molecule has 1 unspecified atom stereocenters. The third kappa shape index (κ3) is 3.65. The first-order valence-electron chi connectivity index (χ1n) is 9.12. The SMILES string of the molecule is COc1c(COc2cccnc2)ccc2c1C(S(=O)(=O)c1ccccc1)CS2(O)O. The van der Waals surface area contributed by atoms with Crippen LogP contribution in [0.3, 0.4) is 0 Å². The van der Waals surface area contributed by atoms with E-state index in [1.165, 1.54) is 19.2 Å². The summed E-state index contributed by atoms with van der Waals surface area (Å²) in [5.41, 5.74) is 0.888. The van der Waals surface area contributed by atoms with E-state index in [0.717, 1.165) is 0 Å². The van der Waals surface area contributed by atoms with Crippen molar-refractivity contribution < 1.29 is 27.0 Å². The number of hydrogen-bond donors (Lipinski definition) is 2. The number of fused-ring (bicyclic) bond motifs is 1. The lowest BCUT2D eigenvalue weighted by atomic mass is 10.1. The minimum Gasteiger partial charge on any atom is -0.496 e. The average molecular weight is 448 g/mol. The quantitative estimate of drug-likeness (QED) is 0.580. The molecule has 4 rings (SSSR count). The first kappa shape index (κ1) is 20.7. The van der Waals surface area contributed by atoms with E-state index in [9.17, 15) is 17.5 Å². The van der Waals surface area contributed by atoms with Crippen LogP contribution in [0.2, 0.25) is 0 Å². The Kier molecular flexibility index (Phi) is 5.46. The van der Waals surface area contributed by atoms with E-state index in [0.29, 0.717) is 17.1 Å². The first-order valence-corrected chi connectivity index (χ1v) is 12.4. The molecule has 0 amide bonds. The Hall–Kier alpha value is -2.59. The van der Waals surface area contributed by atoms with Gasteiger partial charge < -0.3 is 9.47 Å². The number of aromatic nitrogens is 1. The van der Waals surface area contributed by atoms with Crippen molar-refractivity contribution in [2.45, 2.75) is 21.6 Å². The number of benzene rings is 2. The summed E-state index contributed by atoms with van der Waals surface area (Å²) < 4.78 is 59.2. The lowest BCUT2D eigenvalue weighted by Crippen LogP contribution is -2.16. The Balaban J connectivity index is 1.78. The average Bonchev–Trinajstić information content (AvgIpc) is 3.05. The third-order valence-electron chi connectivity index (χ3n) is 4.97. The van der Waals surface area contributed by atoms with Gasteiger partial charge in [0.1, 0.15) is 23.4 Å². The van der Waals surface area contributed by atoms with Crippen LogP contribution in [0, 0.1) is 0 Å². The van der Waals surface area contributed by atoms with Crippen molar-refractivity contribution in [3.63, 3.8) is 0 Å². The molecule has 158 valence electrons. The molecule has 2 heterocycles. The van der Waals surface area contributed by atoms with E-state index < -0.39 is 25.7 Å². The monoisotopic (exact) mass is 447 g/mol. The first-order chi connectivity index (χ1) is 14.3. The Morgan fingerprint density at radius 3 is 2.53 bits per heavy atom. The molecule has 9 heteroatoms. The van der Waals surface area contributed by atoms with Crippen molar-refractivity contribution in [2.75, 3.05) is 12.9 Å². The predicted molar refractivity (Wildman–Crippen MR) is 114 cm³/mol. The topological polar surface area (TPSA) is 106 Å². The van der Waals surface area contributed by atoms with Crippen LogP contribution in [0.1, 0.15) is 16.4 Å². The predicted octanol–water partition coefficient (Wildman–Crippen LogP) is 4.31. The molecule has 0 radical (unpaired) electrons. The van der Waals surface area contributed by atoms with Crippen molar-refractivity contribution in [3.05, 3.63) is 78.1 Å². The van der Waals surface area contributed by atoms with Gasteiger partial charge in [-0.3, -0.25) is 14.1 Å². The van der Waals surface area contributed by atoms with Crippen LogP contribution in [0.5, 0.6) is 11.5 Å². The molecule has 1 aromatic heterocycles. The number of pyridine rings is 1. The molecule has 0 fully saturated rings. The molecule has 7 nitrogen and oxygen atoms in total. The molecule has 1 aliphatic heterocycles. The molecule has 2 aromatic carbocycles. The maximum absolute atomic E-state index is 13.3. The Morgan fingerprint density at radius 1 is 1.10 bits per heavy atom. The molecular weight excluding hydrogens is 426 g/mol. The second kappa shape index (κ2) is 7.92. The van der Waals surface area contributed by atoms with Crippen LogP contribution in [-0.4, -0.2) is 35.4 Å². The van der Waals surface area contributed by atoms with E-state index in [1.54, 1.807) is 54.9 Å². The molecule has 0 aliphatic carbocycles. The fourth-order valence-electron chi connectivity index (χ4n) is 3.57. The second-order valence-electron chi connectivity index (χ2n) is 6.83. The minimum absolute atomic E-state index is 0.111. The van der Waals surface area contributed by atoms with Crippen LogP contribution in [0.4, 0.5) is 0 Å². The summed E-state index contributed by atoms with van der Waals surface area (Å²) in [6.07, 6.45) is 3.20. The van der Waals surface area contributed by atoms with Gasteiger partial charge in [-0.05, 0) is 30.3 Å². The van der Waals surface area contributed by atoms with Crippen molar-refractivity contribution in [2.24, 2.45) is 0 Å². The number of sulfone groups is 1. The van der Waals surface area contributed by atoms with Crippen LogP contribution in [0.25, 0.3) is 0 Å². The van der Waals surface area contributed by atoms with Gasteiger partial charge in [-0.15, -0.1) is 0 Å². The summed E-state index contributed by atoms with van der Waals surface area (Å²) >= 11 is 0. The van der Waals surface area contributed by atoms with Gasteiger partial charge in [-0.1, -0.05) is 24.3 Å². The van der Waals surface area contributed by atoms with E-state index in [1.807, 2.05) is 0 Å². The van der Waals surface area contributed by atoms with E-state index in [-0.39, 0.29) is 27.7 Å². The molecule has 0 spiro atoms. The summed E-state index contributed by atoms with van der Waals surface area (Å²) in [7, 11) is -5.71. The molecule has 30 heavy (non-hydrogen) atoms. The molecule has 0 saturated heterocycles. The summed E-state index contributed by atoms with van der Waals surface area (Å²) in [5.74, 6) is 0.541. The molecule has 0 bridgehead atoms. The van der Waals surface area contributed by atoms with Gasteiger partial charge in [0.05, 0.1) is 28.9 Å². The van der Waals surface area contributed by atoms with Gasteiger partial charge >= 0.3 is 0 Å². The van der Waals surface area contributed by atoms with Crippen LogP contribution in [-0.2, 0) is 16.4 Å². The van der Waals surface area contributed by atoms with Crippen LogP contribution in [0.15, 0.2) is 76.8 Å². The highest BCUT2D eigenvalue weighted by molar-refractivity contribution is 8.25. The number of hydrogen-bond acceptors (Lipinski definition) is 7. The Labute approximate surface area is 176 Å². The smallest absolute Gasteiger partial charge is 0.187 e. The van der Waals surface area contributed by atoms with Gasteiger partial charge in [0, 0.05) is 17.3 Å². The van der Waals surface area contributed by atoms with Crippen molar-refractivity contribution in [1.82, 2.24) is 4.98 Å². The van der Waals surface area contributed by atoms with Crippen molar-refractivity contribution in [1.29, 1.82) is 0 Å². The highest BCUT2D eigenvalue weighted by atomic mass is 32.3. The Bertz CT molecular complexity index is 1150. The Morgan fingerprint density at radius 2 is 1.87 bits per heavy atom. The molecular formula is C21H21NO6S2. The highest BCUT2D eigenvalue weighted by Gasteiger charge is 2.45. The third-order valence-corrected chi connectivity index (χ3v) is 9.13. The number of ether oxygens (including phenoxy) is 2. The molecule has 1 atom stereocenters. The number of methoxy groups -OCH3 is 1. The zero-order valence-electron chi connectivity index (χ0n) is 16.1. The summed E-state index contributed by atoms with van der Waals surface area (Å²) in [5, 5.41) is -1.13. The highest BCUT2D eigenvalue weighted by Crippen LogP contribution is 2.63. The molecule has 1 aliphatic rings. The summed E-state index contributed by atoms with van der Waals surface area (Å²) in [4.78, 5) is 4.32. The van der Waals surface area contributed by atoms with Gasteiger partial charge in [0.2, 0.25) is 0 Å². The number of rotatable bonds is 6. The molecule has 2 N–H and O–H groups in total. The van der Waals surface area contributed by atoms with Crippen LogP contribution >= 0.6 is 10.6 Å². The summed E-state index contributed by atoms with van der Waals surface area (Å²) in [6.45, 7) is 0.111. The van der Waals surface area contributed by atoms with E-state index in [4.69, 9.17) is 9.47 Å².